The smallest absolute Gasteiger partial charge is 0.379 e. The van der Waals surface area contributed by atoms with E-state index in [4.69, 9.17) is 0 Å². The van der Waals surface area contributed by atoms with Gasteiger partial charge in [-0.3, -0.25) is 0 Å². The summed E-state index contributed by atoms with van der Waals surface area (Å²) in [4.78, 5) is 32.7. The molecule has 0 bridgehead atoms. The summed E-state index contributed by atoms with van der Waals surface area (Å²) in [7, 11) is 0. The number of aryl methyl sites for hydroxylation is 1. The van der Waals surface area contributed by atoms with Crippen molar-refractivity contribution in [3.63, 3.8) is 0 Å². The van der Waals surface area contributed by atoms with Gasteiger partial charge in [0.15, 0.2) is 0 Å². The molecule has 0 saturated heterocycles. The van der Waals surface area contributed by atoms with Crippen molar-refractivity contribution >= 4 is 35.5 Å². The molecule has 0 atom stereocenters. The van der Waals surface area contributed by atoms with Gasteiger partial charge in [-0.25, -0.2) is 19.4 Å². The molecular weight excluding hydrogens is 348 g/mol. The lowest BCUT2D eigenvalue weighted by Crippen LogP contribution is -2.07. The highest BCUT2D eigenvalue weighted by Gasteiger charge is 2.26. The first-order valence-electron chi connectivity index (χ1n) is 8.27. The van der Waals surface area contributed by atoms with Crippen molar-refractivity contribution in [3.05, 3.63) is 76.5 Å². The molecule has 0 aromatic heterocycles. The lowest BCUT2D eigenvalue weighted by molar-refractivity contribution is -0.454. The Morgan fingerprint density at radius 3 is 2.30 bits per heavy atom. The van der Waals surface area contributed by atoms with Crippen LogP contribution in [0.2, 0.25) is 0 Å². The highest BCUT2D eigenvalue weighted by atomic mass is 17.2. The van der Waals surface area contributed by atoms with Gasteiger partial charge in [0.05, 0.1) is 5.56 Å². The monoisotopic (exact) mass is 364 g/mol. The molecule has 0 fully saturated rings. The molecule has 0 spiro atoms. The van der Waals surface area contributed by atoms with Crippen LogP contribution in [0.3, 0.4) is 0 Å². The number of carbonyl (C=O) groups excluding carboxylic acids is 2. The second-order valence-electron chi connectivity index (χ2n) is 5.61. The van der Waals surface area contributed by atoms with Gasteiger partial charge in [-0.2, -0.15) is 0 Å². The number of hydrogen-bond acceptors (Lipinski definition) is 6. The highest BCUT2D eigenvalue weighted by Crippen LogP contribution is 2.39. The maximum Gasteiger partial charge on any atom is 0.379 e. The van der Waals surface area contributed by atoms with Crippen LogP contribution in [-0.2, 0) is 25.8 Å². The Morgan fingerprint density at radius 1 is 1.00 bits per heavy atom. The number of carbonyl (C=O) groups is 2. The van der Waals surface area contributed by atoms with Gasteiger partial charge >= 0.3 is 11.9 Å². The third-order valence-corrected chi connectivity index (χ3v) is 3.88. The molecule has 2 aromatic rings. The summed E-state index contributed by atoms with van der Waals surface area (Å²) in [5, 5.41) is 15.0. The molecule has 0 aliphatic carbocycles. The first kappa shape index (κ1) is 18.1. The van der Waals surface area contributed by atoms with Gasteiger partial charge in [-0.15, -0.1) is 0 Å². The normalized spacial score (nSPS) is 12.4. The summed E-state index contributed by atoms with van der Waals surface area (Å²) in [5.41, 5.74) is 3.40. The molecule has 0 saturated carbocycles. The summed E-state index contributed by atoms with van der Waals surface area (Å²) < 4.78 is 0. The van der Waals surface area contributed by atoms with Crippen LogP contribution in [0.25, 0.3) is 12.2 Å². The van der Waals surface area contributed by atoms with Crippen molar-refractivity contribution in [1.29, 1.82) is 0 Å². The predicted molar refractivity (Wildman–Crippen MR) is 97.9 cm³/mol. The summed E-state index contributed by atoms with van der Waals surface area (Å²) in [6.07, 6.45) is 6.06. The summed E-state index contributed by atoms with van der Waals surface area (Å²) in [5.74, 6) is -1.69. The average Bonchev–Trinajstić information content (AvgIpc) is 2.68. The Labute approximate surface area is 155 Å². The minimum absolute atomic E-state index is 0.371. The van der Waals surface area contributed by atoms with E-state index in [1.807, 2.05) is 31.2 Å². The molecule has 0 N–H and O–H groups in total. The molecule has 1 aliphatic heterocycles. The Morgan fingerprint density at radius 2 is 1.63 bits per heavy atom. The number of para-hydroxylation sites is 1. The van der Waals surface area contributed by atoms with Gasteiger partial charge in [0, 0.05) is 17.3 Å². The fourth-order valence-corrected chi connectivity index (χ4v) is 2.55. The van der Waals surface area contributed by atoms with E-state index in [1.165, 1.54) is 12.2 Å². The van der Waals surface area contributed by atoms with E-state index in [9.17, 15) is 14.8 Å². The van der Waals surface area contributed by atoms with Crippen LogP contribution in [-0.4, -0.2) is 16.8 Å². The van der Waals surface area contributed by atoms with Crippen LogP contribution < -0.4 is 0 Å². The number of rotatable bonds is 5. The van der Waals surface area contributed by atoms with Crippen molar-refractivity contribution in [3.8, 4) is 0 Å². The molecule has 27 heavy (non-hydrogen) atoms. The second-order valence-corrected chi connectivity index (χ2v) is 5.61. The topological polar surface area (TPSA) is 91.0 Å². The quantitative estimate of drug-likeness (QED) is 0.260. The molecule has 0 amide bonds. The number of hydrogen-bond donors (Lipinski definition) is 0. The Hall–Kier alpha value is -3.74. The Bertz CT molecular complexity index is 976. The number of azo groups is 1. The maximum atomic E-state index is 11.7. The van der Waals surface area contributed by atoms with Crippen LogP contribution in [0, 0.1) is 5.21 Å². The molecular formula is C20H16N2O5. The molecule has 1 heterocycles. The third kappa shape index (κ3) is 4.27. The Balaban J connectivity index is 1.53. The average molecular weight is 364 g/mol. The fourth-order valence-electron chi connectivity index (χ4n) is 2.55. The molecule has 0 unspecified atom stereocenters. The van der Waals surface area contributed by atoms with Gasteiger partial charge in [-0.05, 0) is 46.7 Å². The number of fused-ring (bicyclic) bond motifs is 1. The second kappa shape index (κ2) is 8.09. The van der Waals surface area contributed by atoms with E-state index in [2.05, 4.69) is 14.9 Å². The van der Waals surface area contributed by atoms with E-state index in [1.54, 1.807) is 24.3 Å². The van der Waals surface area contributed by atoms with E-state index < -0.39 is 11.9 Å². The number of nitrogens with zero attached hydrogens (tertiary/aromatic N) is 2. The van der Waals surface area contributed by atoms with Gasteiger partial charge in [0.2, 0.25) is 5.69 Å². The number of benzene rings is 2. The molecule has 7 nitrogen and oxygen atoms in total. The zero-order valence-electron chi connectivity index (χ0n) is 14.5. The molecule has 2 aromatic carbocycles. The van der Waals surface area contributed by atoms with Crippen LogP contribution in [0.5, 0.6) is 0 Å². The van der Waals surface area contributed by atoms with Crippen LogP contribution in [0.1, 0.15) is 23.6 Å². The highest BCUT2D eigenvalue weighted by molar-refractivity contribution is 5.91. The van der Waals surface area contributed by atoms with Gasteiger partial charge in [0.1, 0.15) is 0 Å². The molecule has 3 rings (SSSR count). The van der Waals surface area contributed by atoms with Crippen LogP contribution in [0.4, 0.5) is 11.4 Å². The lowest BCUT2D eigenvalue weighted by atomic mass is 10.1. The van der Waals surface area contributed by atoms with Crippen LogP contribution >= 0.6 is 0 Å². The first-order valence-corrected chi connectivity index (χ1v) is 8.27. The molecule has 0 radical (unpaired) electrons. The predicted octanol–water partition coefficient (Wildman–Crippen LogP) is 4.22. The fraction of sp³-hybridized carbons (Fsp3) is 0.100. The molecule has 1 aliphatic rings. The molecule has 7 heteroatoms. The van der Waals surface area contributed by atoms with Crippen molar-refractivity contribution in [2.45, 2.75) is 13.3 Å². The van der Waals surface area contributed by atoms with Crippen molar-refractivity contribution in [2.24, 2.45) is 5.11 Å². The zero-order chi connectivity index (χ0) is 19.2. The van der Waals surface area contributed by atoms with Crippen molar-refractivity contribution in [2.75, 3.05) is 0 Å². The SMILES string of the molecule is CCc1ccccc1/C=C/C(=O)OOC(=O)/C=C/c1cccc2c1[N+]([O-])=N2. The van der Waals surface area contributed by atoms with E-state index in [0.717, 1.165) is 23.6 Å². The van der Waals surface area contributed by atoms with Gasteiger partial charge in [-0.1, -0.05) is 37.3 Å². The minimum Gasteiger partial charge on any atom is -0.594 e. The summed E-state index contributed by atoms with van der Waals surface area (Å²) in [6.45, 7) is 2.01. The molecule has 136 valence electrons. The summed E-state index contributed by atoms with van der Waals surface area (Å²) >= 11 is 0. The lowest BCUT2D eigenvalue weighted by Gasteiger charge is -2.11. The van der Waals surface area contributed by atoms with E-state index >= 15 is 0 Å². The largest absolute Gasteiger partial charge is 0.594 e. The first-order chi connectivity index (χ1) is 13.1. The van der Waals surface area contributed by atoms with Crippen molar-refractivity contribution < 1.29 is 24.2 Å². The summed E-state index contributed by atoms with van der Waals surface area (Å²) in [6, 6.07) is 12.7. The third-order valence-electron chi connectivity index (χ3n) is 3.88. The Kier molecular flexibility index (Phi) is 5.41. The van der Waals surface area contributed by atoms with Gasteiger partial charge < -0.3 is 5.21 Å². The zero-order valence-corrected chi connectivity index (χ0v) is 14.5. The van der Waals surface area contributed by atoms with Crippen LogP contribution in [0.15, 0.2) is 59.7 Å². The maximum absolute atomic E-state index is 11.7. The standard InChI is InChI=1S/C20H16N2O5/c1-2-14-6-3-4-7-15(14)10-12-18(23)26-27-19(24)13-11-16-8-5-9-17-20(16)22(25)21-17/h3-13H,2H2,1H3/b12-10+,13-11+. The van der Waals surface area contributed by atoms with E-state index in [-0.39, 0.29) is 0 Å². The van der Waals surface area contributed by atoms with Crippen molar-refractivity contribution in [1.82, 2.24) is 0 Å². The minimum atomic E-state index is -0.878. The van der Waals surface area contributed by atoms with Gasteiger partial charge in [0.25, 0.3) is 5.69 Å². The van der Waals surface area contributed by atoms with E-state index in [0.29, 0.717) is 21.8 Å².